The molecule has 2 rings (SSSR count). The van der Waals surface area contributed by atoms with E-state index in [9.17, 15) is 4.79 Å². The quantitative estimate of drug-likeness (QED) is 0.840. The first-order chi connectivity index (χ1) is 9.17. The van der Waals surface area contributed by atoms with Crippen LogP contribution in [0.25, 0.3) is 0 Å². The van der Waals surface area contributed by atoms with Crippen molar-refractivity contribution in [3.63, 3.8) is 0 Å². The van der Waals surface area contributed by atoms with E-state index in [-0.39, 0.29) is 5.91 Å². The maximum atomic E-state index is 12.6. The lowest BCUT2D eigenvalue weighted by atomic mass is 10.0. The molecule has 3 nitrogen and oxygen atoms in total. The molecule has 1 saturated carbocycles. The highest BCUT2D eigenvalue weighted by atomic mass is 16.2. The Hall–Kier alpha value is -1.79. The average Bonchev–Trinajstić information content (AvgIpc) is 3.22. The second-order valence-corrected chi connectivity index (χ2v) is 4.88. The third-order valence-electron chi connectivity index (χ3n) is 3.32. The van der Waals surface area contributed by atoms with Gasteiger partial charge in [0.25, 0.3) is 5.91 Å². The lowest BCUT2D eigenvalue weighted by molar-refractivity contribution is 0.0752. The molecule has 0 unspecified atom stereocenters. The van der Waals surface area contributed by atoms with Crippen LogP contribution in [0.5, 0.6) is 0 Å². The molecule has 2 N–H and O–H groups in total. The van der Waals surface area contributed by atoms with Crippen LogP contribution in [-0.2, 0) is 0 Å². The molecular formula is C16H20N2O. The summed E-state index contributed by atoms with van der Waals surface area (Å²) >= 11 is 0. The van der Waals surface area contributed by atoms with Crippen LogP contribution in [0.4, 0.5) is 0 Å². The minimum absolute atomic E-state index is 0.0926. The molecule has 1 aromatic carbocycles. The predicted molar refractivity (Wildman–Crippen MR) is 76.8 cm³/mol. The van der Waals surface area contributed by atoms with Crippen molar-refractivity contribution >= 4 is 5.91 Å². The lowest BCUT2D eigenvalue weighted by Crippen LogP contribution is -2.33. The third kappa shape index (κ3) is 3.15. The Morgan fingerprint density at radius 3 is 2.79 bits per heavy atom. The highest BCUT2D eigenvalue weighted by molar-refractivity contribution is 5.97. The summed E-state index contributed by atoms with van der Waals surface area (Å²) in [5.74, 6) is 5.92. The van der Waals surface area contributed by atoms with Gasteiger partial charge in [0.2, 0.25) is 0 Å². The fourth-order valence-corrected chi connectivity index (χ4v) is 2.20. The van der Waals surface area contributed by atoms with E-state index in [2.05, 4.69) is 11.8 Å². The molecule has 0 radical (unpaired) electrons. The van der Waals surface area contributed by atoms with Crippen molar-refractivity contribution in [2.75, 3.05) is 13.1 Å². The highest BCUT2D eigenvalue weighted by Crippen LogP contribution is 2.28. The summed E-state index contributed by atoms with van der Waals surface area (Å²) in [6.45, 7) is 5.07. The van der Waals surface area contributed by atoms with Gasteiger partial charge in [0.1, 0.15) is 0 Å². The maximum absolute atomic E-state index is 12.6. The molecule has 0 bridgehead atoms. The smallest absolute Gasteiger partial charge is 0.255 e. The van der Waals surface area contributed by atoms with Gasteiger partial charge >= 0.3 is 0 Å². The van der Waals surface area contributed by atoms with Crippen molar-refractivity contribution in [1.29, 1.82) is 0 Å². The van der Waals surface area contributed by atoms with E-state index in [4.69, 9.17) is 5.73 Å². The molecule has 1 amide bonds. The van der Waals surface area contributed by atoms with E-state index >= 15 is 0 Å². The molecule has 0 aliphatic heterocycles. The van der Waals surface area contributed by atoms with Crippen LogP contribution < -0.4 is 5.73 Å². The van der Waals surface area contributed by atoms with E-state index < -0.39 is 0 Å². The number of amides is 1. The fraction of sp³-hybridized carbons (Fsp3) is 0.438. The Labute approximate surface area is 114 Å². The van der Waals surface area contributed by atoms with Gasteiger partial charge in [0.15, 0.2) is 0 Å². The van der Waals surface area contributed by atoms with Gasteiger partial charge in [-0.05, 0) is 38.8 Å². The minimum Gasteiger partial charge on any atom is -0.336 e. The lowest BCUT2D eigenvalue weighted by Gasteiger charge is -2.21. The zero-order valence-electron chi connectivity index (χ0n) is 11.6. The van der Waals surface area contributed by atoms with Gasteiger partial charge < -0.3 is 10.6 Å². The number of nitrogens with zero attached hydrogens (tertiary/aromatic N) is 1. The van der Waals surface area contributed by atoms with Crippen LogP contribution in [-0.4, -0.2) is 29.9 Å². The van der Waals surface area contributed by atoms with Crippen LogP contribution in [0.3, 0.4) is 0 Å². The number of hydrogen-bond acceptors (Lipinski definition) is 2. The Bertz CT molecular complexity index is 535. The SMILES string of the molecule is CCN(C(=O)c1cc(C)ccc1C#CCN)C1CC1. The molecule has 0 heterocycles. The predicted octanol–water partition coefficient (Wildman–Crippen LogP) is 1.93. The zero-order valence-corrected chi connectivity index (χ0v) is 11.6. The van der Waals surface area contributed by atoms with Crippen LogP contribution in [0, 0.1) is 18.8 Å². The van der Waals surface area contributed by atoms with Gasteiger partial charge in [-0.15, -0.1) is 0 Å². The molecule has 1 aliphatic rings. The zero-order chi connectivity index (χ0) is 13.8. The van der Waals surface area contributed by atoms with Crippen molar-refractivity contribution in [3.05, 3.63) is 34.9 Å². The summed E-state index contributed by atoms with van der Waals surface area (Å²) in [6.07, 6.45) is 2.24. The number of aryl methyl sites for hydroxylation is 1. The first-order valence-electron chi connectivity index (χ1n) is 6.78. The van der Waals surface area contributed by atoms with Crippen LogP contribution in [0.2, 0.25) is 0 Å². The largest absolute Gasteiger partial charge is 0.336 e. The minimum atomic E-state index is 0.0926. The molecule has 0 saturated heterocycles. The first kappa shape index (κ1) is 13.6. The summed E-state index contributed by atoms with van der Waals surface area (Å²) in [4.78, 5) is 14.6. The molecule has 1 fully saturated rings. The van der Waals surface area contributed by atoms with Crippen LogP contribution in [0.15, 0.2) is 18.2 Å². The molecule has 0 atom stereocenters. The summed E-state index contributed by atoms with van der Waals surface area (Å²) in [7, 11) is 0. The molecular weight excluding hydrogens is 236 g/mol. The average molecular weight is 256 g/mol. The third-order valence-corrected chi connectivity index (χ3v) is 3.32. The van der Waals surface area contributed by atoms with E-state index in [0.29, 0.717) is 18.2 Å². The van der Waals surface area contributed by atoms with E-state index in [1.165, 1.54) is 0 Å². The first-order valence-corrected chi connectivity index (χ1v) is 6.78. The number of rotatable bonds is 3. The van der Waals surface area contributed by atoms with Crippen LogP contribution >= 0.6 is 0 Å². The summed E-state index contributed by atoms with van der Waals surface area (Å²) < 4.78 is 0. The van der Waals surface area contributed by atoms with Crippen molar-refractivity contribution in [2.45, 2.75) is 32.7 Å². The van der Waals surface area contributed by atoms with E-state index in [1.807, 2.05) is 36.9 Å². The number of hydrogen-bond donors (Lipinski definition) is 1. The summed E-state index contributed by atoms with van der Waals surface area (Å²) in [5.41, 5.74) is 7.97. The van der Waals surface area contributed by atoms with Gasteiger partial charge in [-0.3, -0.25) is 4.79 Å². The summed E-state index contributed by atoms with van der Waals surface area (Å²) in [5, 5.41) is 0. The maximum Gasteiger partial charge on any atom is 0.255 e. The molecule has 0 aromatic heterocycles. The van der Waals surface area contributed by atoms with Gasteiger partial charge in [-0.1, -0.05) is 23.5 Å². The van der Waals surface area contributed by atoms with Crippen LogP contribution in [0.1, 0.15) is 41.3 Å². The number of carbonyl (C=O) groups excluding carboxylic acids is 1. The van der Waals surface area contributed by atoms with Crippen molar-refractivity contribution in [3.8, 4) is 11.8 Å². The Kier molecular flexibility index (Phi) is 4.24. The standard InChI is InChI=1S/C16H20N2O/c1-3-18(14-8-9-14)16(19)15-11-12(2)6-7-13(15)5-4-10-17/h6-7,11,14H,3,8-10,17H2,1-2H3. The van der Waals surface area contributed by atoms with Gasteiger partial charge in [-0.25, -0.2) is 0 Å². The van der Waals surface area contributed by atoms with Crippen molar-refractivity contribution < 1.29 is 4.79 Å². The second-order valence-electron chi connectivity index (χ2n) is 4.88. The number of nitrogens with two attached hydrogens (primary N) is 1. The molecule has 100 valence electrons. The Morgan fingerprint density at radius 2 is 2.21 bits per heavy atom. The number of benzene rings is 1. The molecule has 1 aliphatic carbocycles. The Balaban J connectivity index is 2.35. The Morgan fingerprint density at radius 1 is 1.47 bits per heavy atom. The monoisotopic (exact) mass is 256 g/mol. The molecule has 0 spiro atoms. The van der Waals surface area contributed by atoms with Crippen molar-refractivity contribution in [2.24, 2.45) is 5.73 Å². The fourth-order valence-electron chi connectivity index (χ4n) is 2.20. The highest BCUT2D eigenvalue weighted by Gasteiger charge is 2.32. The van der Waals surface area contributed by atoms with E-state index in [1.54, 1.807) is 0 Å². The van der Waals surface area contributed by atoms with Gasteiger partial charge in [0, 0.05) is 18.2 Å². The summed E-state index contributed by atoms with van der Waals surface area (Å²) in [6, 6.07) is 6.23. The van der Waals surface area contributed by atoms with Gasteiger partial charge in [-0.2, -0.15) is 0 Å². The molecule has 19 heavy (non-hydrogen) atoms. The normalized spacial score (nSPS) is 13.6. The van der Waals surface area contributed by atoms with Gasteiger partial charge in [0.05, 0.1) is 12.1 Å². The van der Waals surface area contributed by atoms with E-state index in [0.717, 1.165) is 30.5 Å². The second kappa shape index (κ2) is 5.90. The molecule has 3 heteroatoms. The number of carbonyl (C=O) groups is 1. The van der Waals surface area contributed by atoms with Crippen molar-refractivity contribution in [1.82, 2.24) is 4.90 Å². The molecule has 1 aromatic rings. The topological polar surface area (TPSA) is 46.3 Å².